The summed E-state index contributed by atoms with van der Waals surface area (Å²) in [5.74, 6) is 0.835. The Bertz CT molecular complexity index is 336. The molecule has 3 rings (SSSR count). The van der Waals surface area contributed by atoms with Crippen molar-refractivity contribution in [2.45, 2.75) is 12.8 Å². The fourth-order valence-corrected chi connectivity index (χ4v) is 4.24. The zero-order chi connectivity index (χ0) is 10.6. The molecule has 3 aliphatic carbocycles. The van der Waals surface area contributed by atoms with Crippen molar-refractivity contribution in [1.29, 1.82) is 0 Å². The van der Waals surface area contributed by atoms with Gasteiger partial charge in [-0.05, 0) is 24.2 Å². The third kappa shape index (κ3) is 0.911. The minimum atomic E-state index is -0.328. The van der Waals surface area contributed by atoms with Gasteiger partial charge in [0.15, 0.2) is 0 Å². The van der Waals surface area contributed by atoms with Crippen LogP contribution in [-0.4, -0.2) is 29.2 Å². The largest absolute Gasteiger partial charge is 0.396 e. The van der Waals surface area contributed by atoms with Gasteiger partial charge in [-0.25, -0.2) is 0 Å². The third-order valence-electron chi connectivity index (χ3n) is 4.86. The number of aliphatic hydroxyl groups excluding tert-OH is 2. The molecule has 3 aliphatic rings. The first-order valence-electron chi connectivity index (χ1n) is 5.66. The predicted octanol–water partition coefficient (Wildman–Crippen LogP) is 0.369. The van der Waals surface area contributed by atoms with Crippen LogP contribution in [0.4, 0.5) is 0 Å². The van der Waals surface area contributed by atoms with Crippen LogP contribution in [0, 0.1) is 29.1 Å². The number of hydrogen-bond acceptors (Lipinski definition) is 3. The molecule has 0 aromatic heterocycles. The quantitative estimate of drug-likeness (QED) is 0.644. The SMILES string of the molecule is O=C1C[C@H](CO)[C@]2(CO)[C@H]1[C@@H]1C=C[C@H]2C1. The van der Waals surface area contributed by atoms with Crippen molar-refractivity contribution in [3.63, 3.8) is 0 Å². The van der Waals surface area contributed by atoms with Gasteiger partial charge in [0, 0.05) is 24.4 Å². The third-order valence-corrected chi connectivity index (χ3v) is 4.86. The average Bonchev–Trinajstić information content (AvgIpc) is 2.88. The summed E-state index contributed by atoms with van der Waals surface area (Å²) in [4.78, 5) is 11.9. The predicted molar refractivity (Wildman–Crippen MR) is 53.9 cm³/mol. The highest BCUT2D eigenvalue weighted by atomic mass is 16.3. The lowest BCUT2D eigenvalue weighted by atomic mass is 9.66. The second kappa shape index (κ2) is 2.92. The normalized spacial score (nSPS) is 51.5. The van der Waals surface area contributed by atoms with E-state index in [0.717, 1.165) is 6.42 Å². The fourth-order valence-electron chi connectivity index (χ4n) is 4.24. The monoisotopic (exact) mass is 208 g/mol. The maximum absolute atomic E-state index is 11.9. The molecule has 2 bridgehead atoms. The Hall–Kier alpha value is -0.670. The van der Waals surface area contributed by atoms with E-state index in [1.807, 2.05) is 0 Å². The Labute approximate surface area is 88.8 Å². The summed E-state index contributed by atoms with van der Waals surface area (Å²) in [5.41, 5.74) is -0.328. The standard InChI is InChI=1S/C12H16O3/c13-5-9-4-10(15)11-7-1-2-8(3-7)12(9,11)6-14/h1-2,7-9,11,13-14H,3-6H2/t7-,8+,9-,11+,12-/m1/s1. The molecule has 0 aromatic rings. The highest BCUT2D eigenvalue weighted by molar-refractivity contribution is 5.86. The highest BCUT2D eigenvalue weighted by Gasteiger charge is 2.65. The first-order chi connectivity index (χ1) is 7.24. The van der Waals surface area contributed by atoms with Crippen molar-refractivity contribution in [3.05, 3.63) is 12.2 Å². The van der Waals surface area contributed by atoms with Crippen molar-refractivity contribution in [3.8, 4) is 0 Å². The highest BCUT2D eigenvalue weighted by Crippen LogP contribution is 2.64. The molecule has 0 spiro atoms. The molecule has 0 amide bonds. The Morgan fingerprint density at radius 2 is 2.20 bits per heavy atom. The minimum absolute atomic E-state index is 0.0188. The molecule has 2 N–H and O–H groups in total. The van der Waals surface area contributed by atoms with Gasteiger partial charge in [0.1, 0.15) is 5.78 Å². The molecule has 0 radical (unpaired) electrons. The van der Waals surface area contributed by atoms with Crippen LogP contribution in [0.2, 0.25) is 0 Å². The first kappa shape index (κ1) is 9.55. The van der Waals surface area contributed by atoms with Gasteiger partial charge in [0.05, 0.1) is 6.61 Å². The molecule has 5 atom stereocenters. The van der Waals surface area contributed by atoms with Gasteiger partial charge in [-0.15, -0.1) is 0 Å². The molecule has 0 heterocycles. The molecule has 15 heavy (non-hydrogen) atoms. The number of carbonyl (C=O) groups excluding carboxylic acids is 1. The van der Waals surface area contributed by atoms with Crippen LogP contribution in [0.5, 0.6) is 0 Å². The van der Waals surface area contributed by atoms with Crippen LogP contribution in [0.25, 0.3) is 0 Å². The molecule has 0 saturated heterocycles. The molecule has 0 unspecified atom stereocenters. The molecule has 3 nitrogen and oxygen atoms in total. The van der Waals surface area contributed by atoms with Crippen LogP contribution in [0.1, 0.15) is 12.8 Å². The lowest BCUT2D eigenvalue weighted by molar-refractivity contribution is -0.123. The summed E-state index contributed by atoms with van der Waals surface area (Å²) >= 11 is 0. The Balaban J connectivity index is 2.08. The Kier molecular flexibility index (Phi) is 1.86. The molecule has 2 saturated carbocycles. The van der Waals surface area contributed by atoms with E-state index in [4.69, 9.17) is 0 Å². The van der Waals surface area contributed by atoms with E-state index in [0.29, 0.717) is 18.3 Å². The summed E-state index contributed by atoms with van der Waals surface area (Å²) in [6, 6.07) is 0. The number of rotatable bonds is 2. The zero-order valence-electron chi connectivity index (χ0n) is 8.60. The average molecular weight is 208 g/mol. The lowest BCUT2D eigenvalue weighted by Gasteiger charge is -2.38. The van der Waals surface area contributed by atoms with Crippen molar-refractivity contribution in [2.24, 2.45) is 29.1 Å². The molecular weight excluding hydrogens is 192 g/mol. The van der Waals surface area contributed by atoms with Crippen LogP contribution in [0.3, 0.4) is 0 Å². The summed E-state index contributed by atoms with van der Waals surface area (Å²) in [6.07, 6.45) is 5.71. The van der Waals surface area contributed by atoms with Crippen LogP contribution >= 0.6 is 0 Å². The maximum atomic E-state index is 11.9. The van der Waals surface area contributed by atoms with Crippen molar-refractivity contribution >= 4 is 5.78 Å². The van der Waals surface area contributed by atoms with Gasteiger partial charge >= 0.3 is 0 Å². The van der Waals surface area contributed by atoms with Gasteiger partial charge in [-0.3, -0.25) is 4.79 Å². The topological polar surface area (TPSA) is 57.5 Å². The van der Waals surface area contributed by atoms with Gasteiger partial charge in [-0.1, -0.05) is 12.2 Å². The Morgan fingerprint density at radius 1 is 1.40 bits per heavy atom. The second-order valence-corrected chi connectivity index (χ2v) is 5.19. The van der Waals surface area contributed by atoms with Crippen molar-refractivity contribution in [2.75, 3.05) is 13.2 Å². The summed E-state index contributed by atoms with van der Waals surface area (Å²) < 4.78 is 0. The number of allylic oxidation sites excluding steroid dienone is 2. The van der Waals surface area contributed by atoms with Crippen LogP contribution in [0.15, 0.2) is 12.2 Å². The molecule has 3 heteroatoms. The summed E-state index contributed by atoms with van der Waals surface area (Å²) in [5, 5.41) is 19.0. The minimum Gasteiger partial charge on any atom is -0.396 e. The van der Waals surface area contributed by atoms with Crippen LogP contribution < -0.4 is 0 Å². The van der Waals surface area contributed by atoms with E-state index in [1.54, 1.807) is 0 Å². The summed E-state index contributed by atoms with van der Waals surface area (Å²) in [6.45, 7) is 0.0694. The number of ketones is 1. The van der Waals surface area contributed by atoms with Crippen LogP contribution in [-0.2, 0) is 4.79 Å². The molecule has 2 fully saturated rings. The number of fused-ring (bicyclic) bond motifs is 5. The lowest BCUT2D eigenvalue weighted by Crippen LogP contribution is -2.41. The molecule has 82 valence electrons. The second-order valence-electron chi connectivity index (χ2n) is 5.19. The molecule has 0 aliphatic heterocycles. The van der Waals surface area contributed by atoms with E-state index in [-0.39, 0.29) is 36.2 Å². The smallest absolute Gasteiger partial charge is 0.137 e. The fraction of sp³-hybridized carbons (Fsp3) is 0.750. The zero-order valence-corrected chi connectivity index (χ0v) is 8.60. The van der Waals surface area contributed by atoms with E-state index in [2.05, 4.69) is 12.2 Å². The van der Waals surface area contributed by atoms with Gasteiger partial charge in [0.25, 0.3) is 0 Å². The van der Waals surface area contributed by atoms with E-state index >= 15 is 0 Å². The number of Topliss-reactive ketones (excluding diaryl/α,β-unsaturated/α-hetero) is 1. The number of aliphatic hydroxyl groups is 2. The van der Waals surface area contributed by atoms with Gasteiger partial charge in [0.2, 0.25) is 0 Å². The number of hydrogen-bond donors (Lipinski definition) is 2. The Morgan fingerprint density at radius 3 is 2.87 bits per heavy atom. The molecule has 0 aromatic carbocycles. The van der Waals surface area contributed by atoms with Crippen molar-refractivity contribution in [1.82, 2.24) is 0 Å². The van der Waals surface area contributed by atoms with E-state index < -0.39 is 0 Å². The first-order valence-corrected chi connectivity index (χ1v) is 5.66. The van der Waals surface area contributed by atoms with Gasteiger partial charge in [-0.2, -0.15) is 0 Å². The van der Waals surface area contributed by atoms with E-state index in [1.165, 1.54) is 0 Å². The summed E-state index contributed by atoms with van der Waals surface area (Å²) in [7, 11) is 0. The van der Waals surface area contributed by atoms with Gasteiger partial charge < -0.3 is 10.2 Å². The number of carbonyl (C=O) groups is 1. The molecular formula is C12H16O3. The van der Waals surface area contributed by atoms with Crippen molar-refractivity contribution < 1.29 is 15.0 Å². The maximum Gasteiger partial charge on any atom is 0.137 e. The van der Waals surface area contributed by atoms with E-state index in [9.17, 15) is 15.0 Å².